The van der Waals surface area contributed by atoms with Crippen LogP contribution in [-0.2, 0) is 12.8 Å². The number of fused-ring (bicyclic) bond motifs is 3. The van der Waals surface area contributed by atoms with E-state index in [0.717, 1.165) is 42.9 Å². The molecule has 0 unspecified atom stereocenters. The van der Waals surface area contributed by atoms with Crippen LogP contribution in [0, 0.1) is 5.82 Å². The zero-order chi connectivity index (χ0) is 18.7. The maximum atomic E-state index is 12.8. The van der Waals surface area contributed by atoms with Crippen LogP contribution in [0.4, 0.5) is 10.3 Å². The predicted octanol–water partition coefficient (Wildman–Crippen LogP) is 1.79. The van der Waals surface area contributed by atoms with Crippen LogP contribution in [0.2, 0.25) is 0 Å². The molecule has 0 aliphatic heterocycles. The van der Waals surface area contributed by atoms with E-state index in [9.17, 15) is 9.18 Å². The minimum absolute atomic E-state index is 0.0459. The fraction of sp³-hybridized carbons (Fsp3) is 0.353. The van der Waals surface area contributed by atoms with Gasteiger partial charge in [-0.25, -0.2) is 14.4 Å². The molecule has 0 atom stereocenters. The second-order valence-corrected chi connectivity index (χ2v) is 6.18. The van der Waals surface area contributed by atoms with E-state index in [1.165, 1.54) is 0 Å². The number of pyridine rings is 1. The molecule has 26 heavy (non-hydrogen) atoms. The molecular weight excluding hydrogens is 339 g/mol. The van der Waals surface area contributed by atoms with Gasteiger partial charge in [0.15, 0.2) is 11.5 Å². The number of aromatic nitrogens is 5. The first-order valence-electron chi connectivity index (χ1n) is 8.27. The van der Waals surface area contributed by atoms with Crippen LogP contribution in [-0.4, -0.2) is 41.7 Å². The molecule has 1 aliphatic carbocycles. The molecule has 0 radical (unpaired) electrons. The highest BCUT2D eigenvalue weighted by Gasteiger charge is 2.21. The van der Waals surface area contributed by atoms with E-state index >= 15 is 0 Å². The number of aliphatic hydroxyl groups is 1. The van der Waals surface area contributed by atoms with Crippen LogP contribution in [0.1, 0.15) is 41.9 Å². The summed E-state index contributed by atoms with van der Waals surface area (Å²) in [6.45, 7) is 3.44. The standard InChI is InChI=1S/C14H11FN6O.C3H8O/c15-9-5-16-14(17-6-9)19-13(22)10-4-8-2-1-3-11(8)21-7-18-20-12(10)21;1-3(2)4/h4-7H,1-3H2,(H,16,17,19,22);3-4H,1-2H3. The molecule has 8 nitrogen and oxygen atoms in total. The van der Waals surface area contributed by atoms with Crippen molar-refractivity contribution in [1.29, 1.82) is 0 Å². The molecule has 3 aromatic rings. The molecule has 1 amide bonds. The molecule has 0 fully saturated rings. The number of hydrogen-bond acceptors (Lipinski definition) is 6. The highest BCUT2D eigenvalue weighted by Crippen LogP contribution is 2.25. The molecule has 3 aromatic heterocycles. The summed E-state index contributed by atoms with van der Waals surface area (Å²) in [6, 6.07) is 1.84. The Balaban J connectivity index is 0.000000447. The smallest absolute Gasteiger partial charge is 0.261 e. The third-order valence-corrected chi connectivity index (χ3v) is 3.72. The molecule has 0 aromatic carbocycles. The summed E-state index contributed by atoms with van der Waals surface area (Å²) in [5.74, 6) is -0.903. The normalized spacial score (nSPS) is 12.7. The number of hydrogen-bond donors (Lipinski definition) is 2. The lowest BCUT2D eigenvalue weighted by Gasteiger charge is -2.08. The van der Waals surface area contributed by atoms with Gasteiger partial charge < -0.3 is 5.11 Å². The quantitative estimate of drug-likeness (QED) is 0.723. The first-order chi connectivity index (χ1) is 12.5. The minimum Gasteiger partial charge on any atom is -0.394 e. The number of amides is 1. The fourth-order valence-corrected chi connectivity index (χ4v) is 2.75. The molecule has 4 rings (SSSR count). The number of carbonyl (C=O) groups is 1. The largest absolute Gasteiger partial charge is 0.394 e. The third-order valence-electron chi connectivity index (χ3n) is 3.72. The Morgan fingerprint density at radius 3 is 2.69 bits per heavy atom. The van der Waals surface area contributed by atoms with E-state index in [2.05, 4.69) is 25.5 Å². The van der Waals surface area contributed by atoms with Crippen LogP contribution in [0.5, 0.6) is 0 Å². The number of halogens is 1. The van der Waals surface area contributed by atoms with Crippen molar-refractivity contribution < 1.29 is 14.3 Å². The van der Waals surface area contributed by atoms with Crippen molar-refractivity contribution in [2.45, 2.75) is 39.2 Å². The number of carbonyl (C=O) groups excluding carboxylic acids is 1. The third kappa shape index (κ3) is 3.83. The Labute approximate surface area is 149 Å². The molecule has 2 N–H and O–H groups in total. The molecule has 136 valence electrons. The molecule has 1 aliphatic rings. The van der Waals surface area contributed by atoms with Gasteiger partial charge in [-0.15, -0.1) is 10.2 Å². The first kappa shape index (κ1) is 17.9. The Bertz CT molecular complexity index is 920. The predicted molar refractivity (Wildman–Crippen MR) is 92.3 cm³/mol. The van der Waals surface area contributed by atoms with Gasteiger partial charge in [-0.05, 0) is 44.7 Å². The van der Waals surface area contributed by atoms with Crippen molar-refractivity contribution in [3.05, 3.63) is 47.4 Å². The van der Waals surface area contributed by atoms with Crippen molar-refractivity contribution in [2.24, 2.45) is 0 Å². The maximum absolute atomic E-state index is 12.8. The molecule has 0 saturated carbocycles. The van der Waals surface area contributed by atoms with Gasteiger partial charge in [-0.3, -0.25) is 14.5 Å². The Kier molecular flexibility index (Phi) is 5.17. The molecule has 0 spiro atoms. The van der Waals surface area contributed by atoms with Gasteiger partial charge in [0.05, 0.1) is 18.0 Å². The summed E-state index contributed by atoms with van der Waals surface area (Å²) in [6.07, 6.45) is 6.37. The Morgan fingerprint density at radius 2 is 2.00 bits per heavy atom. The zero-order valence-corrected chi connectivity index (χ0v) is 14.5. The monoisotopic (exact) mass is 358 g/mol. The number of nitrogens with one attached hydrogen (secondary N) is 1. The van der Waals surface area contributed by atoms with Crippen LogP contribution < -0.4 is 5.32 Å². The van der Waals surface area contributed by atoms with E-state index in [1.54, 1.807) is 20.2 Å². The van der Waals surface area contributed by atoms with Crippen LogP contribution in [0.15, 0.2) is 24.8 Å². The lowest BCUT2D eigenvalue weighted by molar-refractivity contribution is 0.102. The SMILES string of the molecule is CC(C)O.O=C(Nc1ncc(F)cn1)c1cc2c(n3cnnc13)CCC2. The van der Waals surface area contributed by atoms with Crippen molar-refractivity contribution in [1.82, 2.24) is 24.6 Å². The number of anilines is 1. The van der Waals surface area contributed by atoms with Gasteiger partial charge in [0.1, 0.15) is 6.33 Å². The second kappa shape index (κ2) is 7.52. The van der Waals surface area contributed by atoms with Gasteiger partial charge in [-0.1, -0.05) is 0 Å². The average Bonchev–Trinajstić information content (AvgIpc) is 3.23. The van der Waals surface area contributed by atoms with Gasteiger partial charge in [0, 0.05) is 11.8 Å². The maximum Gasteiger partial charge on any atom is 0.261 e. The Hall–Kier alpha value is -2.94. The number of rotatable bonds is 2. The first-order valence-corrected chi connectivity index (χ1v) is 8.27. The van der Waals surface area contributed by atoms with E-state index in [-0.39, 0.29) is 18.0 Å². The van der Waals surface area contributed by atoms with Crippen molar-refractivity contribution in [3.8, 4) is 0 Å². The molecule has 0 saturated heterocycles. The fourth-order valence-electron chi connectivity index (χ4n) is 2.75. The van der Waals surface area contributed by atoms with Crippen molar-refractivity contribution >= 4 is 17.5 Å². The topological polar surface area (TPSA) is 105 Å². The summed E-state index contributed by atoms with van der Waals surface area (Å²) in [7, 11) is 0. The van der Waals surface area contributed by atoms with Crippen molar-refractivity contribution in [2.75, 3.05) is 5.32 Å². The number of aryl methyl sites for hydroxylation is 2. The van der Waals surface area contributed by atoms with E-state index in [4.69, 9.17) is 5.11 Å². The Morgan fingerprint density at radius 1 is 1.31 bits per heavy atom. The van der Waals surface area contributed by atoms with Crippen LogP contribution in [0.25, 0.3) is 5.65 Å². The summed E-state index contributed by atoms with van der Waals surface area (Å²) in [5, 5.41) is 18.5. The zero-order valence-electron chi connectivity index (χ0n) is 14.5. The molecule has 9 heteroatoms. The molecular formula is C17H19FN6O2. The van der Waals surface area contributed by atoms with Gasteiger partial charge in [-0.2, -0.15) is 0 Å². The van der Waals surface area contributed by atoms with Gasteiger partial charge in [0.25, 0.3) is 5.91 Å². The van der Waals surface area contributed by atoms with Crippen LogP contribution >= 0.6 is 0 Å². The van der Waals surface area contributed by atoms with E-state index in [0.29, 0.717) is 11.2 Å². The molecule has 3 heterocycles. The lowest BCUT2D eigenvalue weighted by Crippen LogP contribution is -2.16. The van der Waals surface area contributed by atoms with E-state index in [1.807, 2.05) is 10.5 Å². The summed E-state index contributed by atoms with van der Waals surface area (Å²) in [4.78, 5) is 19.9. The average molecular weight is 358 g/mol. The summed E-state index contributed by atoms with van der Waals surface area (Å²) < 4.78 is 14.7. The van der Waals surface area contributed by atoms with Gasteiger partial charge in [0.2, 0.25) is 5.95 Å². The highest BCUT2D eigenvalue weighted by atomic mass is 19.1. The summed E-state index contributed by atoms with van der Waals surface area (Å²) >= 11 is 0. The number of nitrogens with zero attached hydrogens (tertiary/aromatic N) is 5. The van der Waals surface area contributed by atoms with Gasteiger partial charge >= 0.3 is 0 Å². The van der Waals surface area contributed by atoms with Crippen LogP contribution in [0.3, 0.4) is 0 Å². The summed E-state index contributed by atoms with van der Waals surface area (Å²) in [5.41, 5.74) is 3.18. The van der Waals surface area contributed by atoms with E-state index < -0.39 is 5.82 Å². The minimum atomic E-state index is -0.560. The highest BCUT2D eigenvalue weighted by molar-refractivity contribution is 6.07. The second-order valence-electron chi connectivity index (χ2n) is 6.18. The lowest BCUT2D eigenvalue weighted by atomic mass is 10.1. The van der Waals surface area contributed by atoms with Crippen molar-refractivity contribution in [3.63, 3.8) is 0 Å². The number of aliphatic hydroxyl groups excluding tert-OH is 1. The molecule has 0 bridgehead atoms.